The lowest BCUT2D eigenvalue weighted by atomic mass is 9.89. The molecule has 0 aliphatic rings. The van der Waals surface area contributed by atoms with Gasteiger partial charge in [-0.1, -0.05) is 31.2 Å². The van der Waals surface area contributed by atoms with E-state index in [0.29, 0.717) is 23.2 Å². The molecular weight excluding hydrogens is 356 g/mol. The van der Waals surface area contributed by atoms with E-state index in [2.05, 4.69) is 31.2 Å². The summed E-state index contributed by atoms with van der Waals surface area (Å²) in [6, 6.07) is 14.3. The molecule has 0 fully saturated rings. The van der Waals surface area contributed by atoms with Crippen LogP contribution in [0, 0.1) is 6.92 Å². The number of carbonyl (C=O) groups excluding carboxylic acids is 1. The first-order chi connectivity index (χ1) is 13.0. The minimum atomic E-state index is -0.241. The predicted molar refractivity (Wildman–Crippen MR) is 112 cm³/mol. The van der Waals surface area contributed by atoms with E-state index in [-0.39, 0.29) is 5.97 Å². The topological polar surface area (TPSA) is 46.5 Å². The van der Waals surface area contributed by atoms with Gasteiger partial charge < -0.3 is 9.84 Å². The summed E-state index contributed by atoms with van der Waals surface area (Å²) in [5.74, 6) is 0.579. The van der Waals surface area contributed by atoms with Gasteiger partial charge in [0.1, 0.15) is 10.6 Å². The molecule has 27 heavy (non-hydrogen) atoms. The van der Waals surface area contributed by atoms with Crippen LogP contribution in [0.2, 0.25) is 0 Å². The highest BCUT2D eigenvalue weighted by Crippen LogP contribution is 2.32. The van der Waals surface area contributed by atoms with Crippen LogP contribution in [0.4, 0.5) is 0 Å². The molecule has 142 valence electrons. The average Bonchev–Trinajstić information content (AvgIpc) is 3.09. The smallest absolute Gasteiger partial charge is 0.348 e. The first-order valence-electron chi connectivity index (χ1n) is 9.51. The number of carbonyl (C=O) groups is 1. The molecule has 0 spiro atoms. The van der Waals surface area contributed by atoms with E-state index in [1.807, 2.05) is 26.0 Å². The van der Waals surface area contributed by atoms with Crippen molar-refractivity contribution in [3.8, 4) is 5.75 Å². The Labute approximate surface area is 164 Å². The van der Waals surface area contributed by atoms with Crippen molar-refractivity contribution in [1.29, 1.82) is 0 Å². The molecule has 1 N–H and O–H groups in total. The normalized spacial score (nSPS) is 12.3. The Hall–Kier alpha value is -2.33. The molecule has 0 aliphatic heterocycles. The predicted octanol–water partition coefficient (Wildman–Crippen LogP) is 6.22. The third-order valence-corrected chi connectivity index (χ3v) is 6.12. The summed E-state index contributed by atoms with van der Waals surface area (Å²) in [4.78, 5) is 12.6. The fraction of sp³-hybridized carbons (Fsp3) is 0.348. The third-order valence-electron chi connectivity index (χ3n) is 5.02. The quantitative estimate of drug-likeness (QED) is 0.494. The SMILES string of the molecule is CCOC(=O)c1cc2cc(C(CC)CCc3ccc(O)c(C)c3)ccc2s1. The van der Waals surface area contributed by atoms with E-state index < -0.39 is 0 Å². The molecule has 3 rings (SSSR count). The van der Waals surface area contributed by atoms with Crippen molar-refractivity contribution < 1.29 is 14.6 Å². The molecule has 0 saturated heterocycles. The van der Waals surface area contributed by atoms with E-state index >= 15 is 0 Å². The molecule has 3 nitrogen and oxygen atoms in total. The first kappa shape index (κ1) is 19.4. The van der Waals surface area contributed by atoms with Crippen molar-refractivity contribution in [2.75, 3.05) is 6.61 Å². The maximum absolute atomic E-state index is 12.0. The minimum Gasteiger partial charge on any atom is -0.508 e. The molecule has 0 radical (unpaired) electrons. The van der Waals surface area contributed by atoms with Crippen molar-refractivity contribution in [3.63, 3.8) is 0 Å². The second-order valence-corrected chi connectivity index (χ2v) is 7.98. The lowest BCUT2D eigenvalue weighted by molar-refractivity contribution is 0.0532. The van der Waals surface area contributed by atoms with Crippen LogP contribution in [0.25, 0.3) is 10.1 Å². The maximum Gasteiger partial charge on any atom is 0.348 e. The van der Waals surface area contributed by atoms with E-state index in [1.165, 1.54) is 22.5 Å². The number of aryl methyl sites for hydroxylation is 2. The molecule has 0 saturated carbocycles. The average molecular weight is 383 g/mol. The van der Waals surface area contributed by atoms with Gasteiger partial charge in [-0.2, -0.15) is 0 Å². The zero-order valence-electron chi connectivity index (χ0n) is 16.1. The number of phenolic OH excluding ortho intramolecular Hbond substituents is 1. The molecule has 3 aromatic rings. The Morgan fingerprint density at radius 1 is 1.15 bits per heavy atom. The van der Waals surface area contributed by atoms with Crippen molar-refractivity contribution in [2.24, 2.45) is 0 Å². The number of hydrogen-bond donors (Lipinski definition) is 1. The summed E-state index contributed by atoms with van der Waals surface area (Å²) < 4.78 is 6.23. The van der Waals surface area contributed by atoms with Gasteiger partial charge in [0, 0.05) is 4.70 Å². The third kappa shape index (κ3) is 4.51. The summed E-state index contributed by atoms with van der Waals surface area (Å²) in [6.07, 6.45) is 3.11. The number of thiophene rings is 1. The monoisotopic (exact) mass is 382 g/mol. The number of hydrogen-bond acceptors (Lipinski definition) is 4. The van der Waals surface area contributed by atoms with Gasteiger partial charge in [-0.25, -0.2) is 4.79 Å². The van der Waals surface area contributed by atoms with Crippen LogP contribution in [0.5, 0.6) is 5.75 Å². The molecule has 1 unspecified atom stereocenters. The summed E-state index contributed by atoms with van der Waals surface area (Å²) in [7, 11) is 0. The molecule has 4 heteroatoms. The van der Waals surface area contributed by atoms with Crippen LogP contribution in [0.15, 0.2) is 42.5 Å². The lowest BCUT2D eigenvalue weighted by Gasteiger charge is -2.16. The largest absolute Gasteiger partial charge is 0.508 e. The highest BCUT2D eigenvalue weighted by atomic mass is 32.1. The van der Waals surface area contributed by atoms with Gasteiger partial charge in [-0.15, -0.1) is 11.3 Å². The van der Waals surface area contributed by atoms with Gasteiger partial charge in [-0.05, 0) is 79.3 Å². The number of rotatable bonds is 7. The zero-order chi connectivity index (χ0) is 19.4. The van der Waals surface area contributed by atoms with Gasteiger partial charge in [0.05, 0.1) is 6.61 Å². The Bertz CT molecular complexity index is 942. The van der Waals surface area contributed by atoms with E-state index in [9.17, 15) is 9.90 Å². The van der Waals surface area contributed by atoms with Crippen LogP contribution in [-0.4, -0.2) is 17.7 Å². The fourth-order valence-electron chi connectivity index (χ4n) is 3.44. The molecule has 0 amide bonds. The Morgan fingerprint density at radius 3 is 2.67 bits per heavy atom. The molecule has 0 aliphatic carbocycles. The number of fused-ring (bicyclic) bond motifs is 1. The van der Waals surface area contributed by atoms with Crippen LogP contribution >= 0.6 is 11.3 Å². The maximum atomic E-state index is 12.0. The van der Waals surface area contributed by atoms with Crippen LogP contribution in [0.1, 0.15) is 59.0 Å². The summed E-state index contributed by atoms with van der Waals surface area (Å²) in [6.45, 7) is 6.37. The lowest BCUT2D eigenvalue weighted by Crippen LogP contribution is -2.01. The van der Waals surface area contributed by atoms with Gasteiger partial charge in [0.2, 0.25) is 0 Å². The van der Waals surface area contributed by atoms with E-state index in [1.54, 1.807) is 6.07 Å². The van der Waals surface area contributed by atoms with Gasteiger partial charge in [-0.3, -0.25) is 0 Å². The number of ether oxygens (including phenoxy) is 1. The van der Waals surface area contributed by atoms with Gasteiger partial charge in [0.15, 0.2) is 0 Å². The molecule has 2 aromatic carbocycles. The van der Waals surface area contributed by atoms with E-state index in [0.717, 1.165) is 34.9 Å². The molecule has 1 heterocycles. The molecule has 0 bridgehead atoms. The summed E-state index contributed by atoms with van der Waals surface area (Å²) in [5.41, 5.74) is 3.49. The van der Waals surface area contributed by atoms with Crippen LogP contribution < -0.4 is 0 Å². The minimum absolute atomic E-state index is 0.241. The molecular formula is C23H26O3S. The highest BCUT2D eigenvalue weighted by molar-refractivity contribution is 7.20. The Morgan fingerprint density at radius 2 is 1.96 bits per heavy atom. The Balaban J connectivity index is 1.76. The number of phenols is 1. The van der Waals surface area contributed by atoms with Crippen LogP contribution in [-0.2, 0) is 11.2 Å². The van der Waals surface area contributed by atoms with Gasteiger partial charge in [0.25, 0.3) is 0 Å². The number of aromatic hydroxyl groups is 1. The standard InChI is InChI=1S/C23H26O3S/c1-4-17(8-6-16-7-10-20(24)15(3)12-16)18-9-11-21-19(13-18)14-22(27-21)23(25)26-5-2/h7,9-14,17,24H,4-6,8H2,1-3H3. The number of benzene rings is 2. The highest BCUT2D eigenvalue weighted by Gasteiger charge is 2.14. The zero-order valence-corrected chi connectivity index (χ0v) is 16.9. The van der Waals surface area contributed by atoms with Crippen molar-refractivity contribution in [1.82, 2.24) is 0 Å². The van der Waals surface area contributed by atoms with Crippen molar-refractivity contribution >= 4 is 27.4 Å². The fourth-order valence-corrected chi connectivity index (χ4v) is 4.38. The summed E-state index contributed by atoms with van der Waals surface area (Å²) in [5, 5.41) is 10.8. The second kappa shape index (κ2) is 8.57. The van der Waals surface area contributed by atoms with Crippen molar-refractivity contribution in [2.45, 2.75) is 46.0 Å². The molecule has 1 aromatic heterocycles. The van der Waals surface area contributed by atoms with Crippen LogP contribution in [0.3, 0.4) is 0 Å². The molecule has 1 atom stereocenters. The van der Waals surface area contributed by atoms with Crippen molar-refractivity contribution in [3.05, 3.63) is 64.0 Å². The number of esters is 1. The van der Waals surface area contributed by atoms with E-state index in [4.69, 9.17) is 4.74 Å². The first-order valence-corrected chi connectivity index (χ1v) is 10.3. The summed E-state index contributed by atoms with van der Waals surface area (Å²) >= 11 is 1.49. The second-order valence-electron chi connectivity index (χ2n) is 6.89. The Kier molecular flexibility index (Phi) is 6.17. The van der Waals surface area contributed by atoms with Gasteiger partial charge >= 0.3 is 5.97 Å².